The molecule has 0 aliphatic carbocycles. The Morgan fingerprint density at radius 1 is 1.00 bits per heavy atom. The van der Waals surface area contributed by atoms with Gasteiger partial charge in [-0.05, 0) is 88.3 Å². The molecule has 0 amide bonds. The van der Waals surface area contributed by atoms with Crippen LogP contribution in [0.2, 0.25) is 0 Å². The number of benzene rings is 2. The topological polar surface area (TPSA) is 26.3 Å². The average Bonchev–Trinajstić information content (AvgIpc) is 2.54. The molecule has 0 aliphatic heterocycles. The summed E-state index contributed by atoms with van der Waals surface area (Å²) in [5, 5.41) is 1.05. The van der Waals surface area contributed by atoms with E-state index in [4.69, 9.17) is 4.74 Å². The molecular formula is C22H29LiO2P+. The Labute approximate surface area is 172 Å². The van der Waals surface area contributed by atoms with Crippen LogP contribution < -0.4 is 28.9 Å². The molecule has 0 aromatic heterocycles. The van der Waals surface area contributed by atoms with Crippen molar-refractivity contribution in [1.82, 2.24) is 0 Å². The van der Waals surface area contributed by atoms with Crippen molar-refractivity contribution in [3.8, 4) is 5.75 Å². The zero-order valence-electron chi connectivity index (χ0n) is 17.2. The van der Waals surface area contributed by atoms with E-state index < -0.39 is 0 Å². The Balaban J connectivity index is 0.00000338. The third-order valence-corrected chi connectivity index (χ3v) is 5.76. The molecule has 0 spiro atoms. The van der Waals surface area contributed by atoms with Crippen LogP contribution in [0.25, 0.3) is 0 Å². The normalized spacial score (nSPS) is 11.0. The molecule has 2 aromatic rings. The monoisotopic (exact) mass is 363 g/mol. The number of carbonyl (C=O) groups excluding carboxylic acids is 1. The molecule has 2 nitrogen and oxygen atoms in total. The molecule has 0 saturated carbocycles. The van der Waals surface area contributed by atoms with E-state index in [1.54, 1.807) is 0 Å². The zero-order chi connectivity index (χ0) is 18.6. The number of hydrogen-bond donors (Lipinski definition) is 0. The van der Waals surface area contributed by atoms with Gasteiger partial charge in [-0.3, -0.25) is 4.79 Å². The second kappa shape index (κ2) is 10.3. The summed E-state index contributed by atoms with van der Waals surface area (Å²) in [4.78, 5) is 12.8. The van der Waals surface area contributed by atoms with E-state index >= 15 is 0 Å². The van der Waals surface area contributed by atoms with Crippen LogP contribution in [0.4, 0.5) is 0 Å². The first-order valence-corrected chi connectivity index (χ1v) is 9.91. The molecule has 0 heterocycles. The largest absolute Gasteiger partial charge is 1.00 e. The van der Waals surface area contributed by atoms with Gasteiger partial charge in [0.05, 0.1) is 6.61 Å². The van der Waals surface area contributed by atoms with Crippen molar-refractivity contribution in [2.75, 3.05) is 6.61 Å². The minimum absolute atomic E-state index is 0. The fraction of sp³-hybridized carbons (Fsp3) is 0.409. The van der Waals surface area contributed by atoms with E-state index in [1.807, 2.05) is 31.2 Å². The first-order chi connectivity index (χ1) is 11.8. The summed E-state index contributed by atoms with van der Waals surface area (Å²) >= 11 is 0. The van der Waals surface area contributed by atoms with Gasteiger partial charge in [0.15, 0.2) is 5.52 Å². The fourth-order valence-electron chi connectivity index (χ4n) is 2.87. The summed E-state index contributed by atoms with van der Waals surface area (Å²) < 4.78 is 5.75. The van der Waals surface area contributed by atoms with Crippen LogP contribution in [-0.2, 0) is 0 Å². The average molecular weight is 363 g/mol. The summed E-state index contributed by atoms with van der Waals surface area (Å²) in [6.07, 6.45) is 1.05. The second-order valence-corrected chi connectivity index (χ2v) is 8.43. The quantitative estimate of drug-likeness (QED) is 0.558. The molecule has 0 aliphatic rings. The van der Waals surface area contributed by atoms with Crippen LogP contribution in [0.5, 0.6) is 5.75 Å². The molecule has 134 valence electrons. The molecule has 0 N–H and O–H groups in total. The molecule has 2 rings (SSSR count). The molecule has 2 aromatic carbocycles. The van der Waals surface area contributed by atoms with Gasteiger partial charge in [0, 0.05) is 5.56 Å². The Bertz CT molecular complexity index is 752. The third kappa shape index (κ3) is 5.99. The van der Waals surface area contributed by atoms with Crippen LogP contribution in [0.1, 0.15) is 52.9 Å². The maximum Gasteiger partial charge on any atom is 1.00 e. The Kier molecular flexibility index (Phi) is 9.12. The molecule has 0 fully saturated rings. The van der Waals surface area contributed by atoms with Crippen molar-refractivity contribution < 1.29 is 28.4 Å². The van der Waals surface area contributed by atoms with Crippen molar-refractivity contribution in [3.05, 3.63) is 58.1 Å². The van der Waals surface area contributed by atoms with Gasteiger partial charge in [-0.25, -0.2) is 0 Å². The van der Waals surface area contributed by atoms with E-state index in [-0.39, 0.29) is 33.0 Å². The number of ether oxygens (including phenoxy) is 1. The Morgan fingerprint density at radius 2 is 1.62 bits per heavy atom. The minimum atomic E-state index is 0. The van der Waals surface area contributed by atoms with Gasteiger partial charge in [0.1, 0.15) is 5.75 Å². The summed E-state index contributed by atoms with van der Waals surface area (Å²) in [5.41, 5.74) is 5.76. The molecule has 0 radical (unpaired) electrons. The van der Waals surface area contributed by atoms with E-state index in [1.165, 1.54) is 11.1 Å². The summed E-state index contributed by atoms with van der Waals surface area (Å²) in [6.45, 7) is 13.4. The summed E-state index contributed by atoms with van der Waals surface area (Å²) in [5.74, 6) is 1.52. The van der Waals surface area contributed by atoms with Gasteiger partial charge < -0.3 is 4.74 Å². The predicted octanol–water partition coefficient (Wildman–Crippen LogP) is 2.49. The summed E-state index contributed by atoms with van der Waals surface area (Å²) in [7, 11) is 0.142. The fourth-order valence-corrected chi connectivity index (χ4v) is 3.98. The van der Waals surface area contributed by atoms with Crippen molar-refractivity contribution in [2.24, 2.45) is 5.92 Å². The molecular weight excluding hydrogens is 334 g/mol. The van der Waals surface area contributed by atoms with Gasteiger partial charge in [0.25, 0.3) is 0 Å². The molecule has 1 unspecified atom stereocenters. The number of aryl methyl sites for hydroxylation is 2. The standard InChI is InChI=1S/C22H29O2P.Li/c1-14(2)11-12-24-19-7-9-20(10-8-19)25-22(23)21-16(4)13-15(3)17(5)18(21)6;/h7-10,13-14,25H,11-12H2,1-6H3;/q;+1. The van der Waals surface area contributed by atoms with Crippen LogP contribution in [0, 0.1) is 33.6 Å². The molecule has 4 heteroatoms. The van der Waals surface area contributed by atoms with Gasteiger partial charge in [0.2, 0.25) is 0 Å². The van der Waals surface area contributed by atoms with Gasteiger partial charge >= 0.3 is 18.9 Å². The van der Waals surface area contributed by atoms with Crippen LogP contribution >= 0.6 is 8.58 Å². The molecule has 0 bridgehead atoms. The van der Waals surface area contributed by atoms with Crippen molar-refractivity contribution in [1.29, 1.82) is 0 Å². The predicted molar refractivity (Wildman–Crippen MR) is 109 cm³/mol. The smallest absolute Gasteiger partial charge is 0.494 e. The molecule has 0 saturated heterocycles. The Hall–Kier alpha value is -1.06. The first-order valence-electron chi connectivity index (χ1n) is 8.91. The van der Waals surface area contributed by atoms with E-state index in [2.05, 4.69) is 40.7 Å². The van der Waals surface area contributed by atoms with Crippen molar-refractivity contribution >= 4 is 19.4 Å². The van der Waals surface area contributed by atoms with Crippen LogP contribution in [-0.4, -0.2) is 12.1 Å². The SMILES string of the molecule is Cc1cc(C)c(C(=O)Pc2ccc(OCCC(C)C)cc2)c(C)c1C.[Li+]. The number of rotatable bonds is 7. The van der Waals surface area contributed by atoms with Crippen LogP contribution in [0.15, 0.2) is 30.3 Å². The number of hydrogen-bond acceptors (Lipinski definition) is 2. The van der Waals surface area contributed by atoms with E-state index in [0.717, 1.165) is 40.8 Å². The minimum Gasteiger partial charge on any atom is -0.494 e. The second-order valence-electron chi connectivity index (χ2n) is 7.14. The van der Waals surface area contributed by atoms with Gasteiger partial charge in [-0.2, -0.15) is 0 Å². The maximum absolute atomic E-state index is 12.8. The molecule has 26 heavy (non-hydrogen) atoms. The maximum atomic E-state index is 12.8. The van der Waals surface area contributed by atoms with Crippen molar-refractivity contribution in [3.63, 3.8) is 0 Å². The summed E-state index contributed by atoms with van der Waals surface area (Å²) in [6, 6.07) is 10.1. The van der Waals surface area contributed by atoms with Crippen molar-refractivity contribution in [2.45, 2.75) is 48.0 Å². The third-order valence-electron chi connectivity index (χ3n) is 4.66. The first kappa shape index (κ1) is 23.0. The van der Waals surface area contributed by atoms with E-state index in [9.17, 15) is 4.79 Å². The van der Waals surface area contributed by atoms with Gasteiger partial charge in [-0.15, -0.1) is 0 Å². The number of carbonyl (C=O) groups is 1. The van der Waals surface area contributed by atoms with E-state index in [0.29, 0.717) is 5.92 Å². The Morgan fingerprint density at radius 3 is 2.19 bits per heavy atom. The zero-order valence-corrected chi connectivity index (χ0v) is 18.2. The van der Waals surface area contributed by atoms with Gasteiger partial charge in [-0.1, -0.05) is 32.0 Å². The molecule has 1 atom stereocenters. The van der Waals surface area contributed by atoms with Crippen LogP contribution in [0.3, 0.4) is 0 Å².